The average molecular weight is 242 g/mol. The van der Waals surface area contributed by atoms with Crippen LogP contribution in [0.4, 0.5) is 5.69 Å². The van der Waals surface area contributed by atoms with E-state index in [2.05, 4.69) is 5.32 Å². The van der Waals surface area contributed by atoms with Crippen LogP contribution in [-0.2, 0) is 14.8 Å². The van der Waals surface area contributed by atoms with Gasteiger partial charge in [0.15, 0.2) is 6.10 Å². The molecule has 0 saturated carbocycles. The molecule has 0 saturated heterocycles. The van der Waals surface area contributed by atoms with E-state index in [0.717, 1.165) is 0 Å². The van der Waals surface area contributed by atoms with Gasteiger partial charge >= 0.3 is 0 Å². The molecule has 7 heteroatoms. The number of rotatable bonds is 1. The quantitative estimate of drug-likeness (QED) is 0.727. The number of nitrogens with two attached hydrogens (primary N) is 1. The zero-order chi connectivity index (χ0) is 11.9. The smallest absolute Gasteiger partial charge is 0.265 e. The summed E-state index contributed by atoms with van der Waals surface area (Å²) in [7, 11) is -3.77. The molecule has 1 amide bonds. The van der Waals surface area contributed by atoms with Crippen LogP contribution in [0.15, 0.2) is 23.1 Å². The number of amides is 1. The summed E-state index contributed by atoms with van der Waals surface area (Å²) in [4.78, 5) is 11.2. The van der Waals surface area contributed by atoms with Crippen LogP contribution >= 0.6 is 0 Å². The highest BCUT2D eigenvalue weighted by molar-refractivity contribution is 7.89. The third-order valence-electron chi connectivity index (χ3n) is 2.21. The molecular formula is C9H10N2O4S. The molecule has 1 heterocycles. The zero-order valence-corrected chi connectivity index (χ0v) is 9.24. The lowest BCUT2D eigenvalue weighted by molar-refractivity contribution is -0.122. The Bertz CT molecular complexity index is 553. The number of anilines is 1. The van der Waals surface area contributed by atoms with Crippen molar-refractivity contribution in [1.82, 2.24) is 0 Å². The van der Waals surface area contributed by atoms with Crippen molar-refractivity contribution in [2.45, 2.75) is 17.9 Å². The molecule has 1 aliphatic heterocycles. The van der Waals surface area contributed by atoms with Crippen molar-refractivity contribution in [2.75, 3.05) is 5.32 Å². The van der Waals surface area contributed by atoms with Crippen molar-refractivity contribution in [3.8, 4) is 5.75 Å². The molecule has 16 heavy (non-hydrogen) atoms. The molecular weight excluding hydrogens is 232 g/mol. The number of ether oxygens (including phenoxy) is 1. The van der Waals surface area contributed by atoms with E-state index in [4.69, 9.17) is 9.88 Å². The summed E-state index contributed by atoms with van der Waals surface area (Å²) in [5.41, 5.74) is 0.314. The number of hydrogen-bond donors (Lipinski definition) is 2. The van der Waals surface area contributed by atoms with Gasteiger partial charge in [0, 0.05) is 0 Å². The SMILES string of the molecule is C[C@@H]1Oc2ccc(S(N)(=O)=O)cc2NC1=O. The Morgan fingerprint density at radius 2 is 2.12 bits per heavy atom. The first-order valence-corrected chi connectivity index (χ1v) is 6.07. The Hall–Kier alpha value is -1.60. The lowest BCUT2D eigenvalue weighted by Crippen LogP contribution is -2.34. The fraction of sp³-hybridized carbons (Fsp3) is 0.222. The first kappa shape index (κ1) is 10.9. The second-order valence-corrected chi connectivity index (χ2v) is 5.01. The van der Waals surface area contributed by atoms with Gasteiger partial charge in [-0.25, -0.2) is 13.6 Å². The highest BCUT2D eigenvalue weighted by Gasteiger charge is 2.24. The molecule has 0 bridgehead atoms. The largest absolute Gasteiger partial charge is 0.479 e. The molecule has 0 aromatic heterocycles. The van der Waals surface area contributed by atoms with E-state index in [-0.39, 0.29) is 10.8 Å². The predicted octanol–water partition coefficient (Wildman–Crippen LogP) is 0.0534. The summed E-state index contributed by atoms with van der Waals surface area (Å²) in [5, 5.41) is 7.51. The fourth-order valence-corrected chi connectivity index (χ4v) is 1.90. The molecule has 0 fully saturated rings. The highest BCUT2D eigenvalue weighted by Crippen LogP contribution is 2.31. The predicted molar refractivity (Wildman–Crippen MR) is 56.5 cm³/mol. The van der Waals surface area contributed by atoms with Crippen molar-refractivity contribution >= 4 is 21.6 Å². The van der Waals surface area contributed by atoms with Crippen LogP contribution in [0, 0.1) is 0 Å². The van der Waals surface area contributed by atoms with Crippen molar-refractivity contribution < 1.29 is 17.9 Å². The van der Waals surface area contributed by atoms with E-state index in [0.29, 0.717) is 11.4 Å². The monoisotopic (exact) mass is 242 g/mol. The lowest BCUT2D eigenvalue weighted by atomic mass is 10.2. The molecule has 3 N–H and O–H groups in total. The van der Waals surface area contributed by atoms with Gasteiger partial charge in [0.05, 0.1) is 10.6 Å². The van der Waals surface area contributed by atoms with E-state index < -0.39 is 16.1 Å². The normalized spacial score (nSPS) is 19.6. The molecule has 2 rings (SSSR count). The van der Waals surface area contributed by atoms with Gasteiger partial charge in [0.2, 0.25) is 10.0 Å². The zero-order valence-electron chi connectivity index (χ0n) is 8.43. The van der Waals surface area contributed by atoms with Crippen LogP contribution < -0.4 is 15.2 Å². The Balaban J connectivity index is 2.48. The average Bonchev–Trinajstić information content (AvgIpc) is 2.17. The van der Waals surface area contributed by atoms with Crippen LogP contribution in [0.5, 0.6) is 5.75 Å². The number of hydrogen-bond acceptors (Lipinski definition) is 4. The van der Waals surface area contributed by atoms with Crippen molar-refractivity contribution in [3.05, 3.63) is 18.2 Å². The Labute approximate surface area is 92.4 Å². The van der Waals surface area contributed by atoms with E-state index in [1.54, 1.807) is 6.92 Å². The van der Waals surface area contributed by atoms with Gasteiger partial charge in [-0.15, -0.1) is 0 Å². The number of benzene rings is 1. The molecule has 1 aliphatic rings. The van der Waals surface area contributed by atoms with Crippen LogP contribution in [0.1, 0.15) is 6.92 Å². The fourth-order valence-electron chi connectivity index (χ4n) is 1.36. The number of nitrogens with one attached hydrogen (secondary N) is 1. The van der Waals surface area contributed by atoms with Crippen LogP contribution in [0.3, 0.4) is 0 Å². The van der Waals surface area contributed by atoms with E-state index >= 15 is 0 Å². The lowest BCUT2D eigenvalue weighted by Gasteiger charge is -2.23. The van der Waals surface area contributed by atoms with Gasteiger partial charge < -0.3 is 10.1 Å². The molecule has 6 nitrogen and oxygen atoms in total. The summed E-state index contributed by atoms with van der Waals surface area (Å²) in [5.74, 6) is 0.110. The van der Waals surface area contributed by atoms with Gasteiger partial charge in [-0.05, 0) is 25.1 Å². The Morgan fingerprint density at radius 3 is 2.75 bits per heavy atom. The molecule has 86 valence electrons. The number of carbonyl (C=O) groups is 1. The second kappa shape index (κ2) is 3.46. The minimum atomic E-state index is -3.77. The van der Waals surface area contributed by atoms with Crippen LogP contribution in [-0.4, -0.2) is 20.4 Å². The summed E-state index contributed by atoms with van der Waals surface area (Å²) >= 11 is 0. The van der Waals surface area contributed by atoms with E-state index in [9.17, 15) is 13.2 Å². The first-order valence-electron chi connectivity index (χ1n) is 4.52. The van der Waals surface area contributed by atoms with E-state index in [1.807, 2.05) is 0 Å². The molecule has 0 spiro atoms. The molecule has 1 aromatic carbocycles. The standard InChI is InChI=1S/C9H10N2O4S/c1-5-9(12)11-7-4-6(16(10,13)14)2-3-8(7)15-5/h2-5H,1H3,(H,11,12)(H2,10,13,14)/t5-/m0/s1. The number of carbonyl (C=O) groups excluding carboxylic acids is 1. The van der Waals surface area contributed by atoms with Crippen LogP contribution in [0.25, 0.3) is 0 Å². The maximum absolute atomic E-state index is 11.3. The van der Waals surface area contributed by atoms with Crippen LogP contribution in [0.2, 0.25) is 0 Å². The minimum absolute atomic E-state index is 0.0651. The highest BCUT2D eigenvalue weighted by atomic mass is 32.2. The Morgan fingerprint density at radius 1 is 1.44 bits per heavy atom. The Kier molecular flexibility index (Phi) is 2.36. The molecule has 0 radical (unpaired) electrons. The summed E-state index contributed by atoms with van der Waals surface area (Å²) in [6.45, 7) is 1.60. The van der Waals surface area contributed by atoms with E-state index in [1.165, 1.54) is 18.2 Å². The minimum Gasteiger partial charge on any atom is -0.479 e. The maximum atomic E-state index is 11.3. The van der Waals surface area contributed by atoms with Gasteiger partial charge in [-0.2, -0.15) is 0 Å². The molecule has 1 atom stereocenters. The summed E-state index contributed by atoms with van der Waals surface area (Å²) < 4.78 is 27.4. The van der Waals surface area contributed by atoms with Gasteiger partial charge in [-0.3, -0.25) is 4.79 Å². The third kappa shape index (κ3) is 1.86. The molecule has 0 unspecified atom stereocenters. The first-order chi connectivity index (χ1) is 7.38. The van der Waals surface area contributed by atoms with Gasteiger partial charge in [-0.1, -0.05) is 0 Å². The second-order valence-electron chi connectivity index (χ2n) is 3.45. The summed E-state index contributed by atoms with van der Waals surface area (Å²) in [6, 6.07) is 4.07. The summed E-state index contributed by atoms with van der Waals surface area (Å²) in [6.07, 6.45) is -0.590. The molecule has 0 aliphatic carbocycles. The van der Waals surface area contributed by atoms with Gasteiger partial charge in [0.1, 0.15) is 5.75 Å². The third-order valence-corrected chi connectivity index (χ3v) is 3.12. The topological polar surface area (TPSA) is 98.5 Å². The van der Waals surface area contributed by atoms with Crippen molar-refractivity contribution in [3.63, 3.8) is 0 Å². The number of fused-ring (bicyclic) bond motifs is 1. The number of sulfonamides is 1. The van der Waals surface area contributed by atoms with Crippen molar-refractivity contribution in [2.24, 2.45) is 5.14 Å². The number of primary sulfonamides is 1. The van der Waals surface area contributed by atoms with Crippen molar-refractivity contribution in [1.29, 1.82) is 0 Å². The maximum Gasteiger partial charge on any atom is 0.265 e. The van der Waals surface area contributed by atoms with Gasteiger partial charge in [0.25, 0.3) is 5.91 Å². The molecule has 1 aromatic rings.